The van der Waals surface area contributed by atoms with E-state index in [1.165, 1.54) is 18.3 Å². The van der Waals surface area contributed by atoms with Gasteiger partial charge in [-0.05, 0) is 31.2 Å². The second kappa shape index (κ2) is 7.31. The van der Waals surface area contributed by atoms with Gasteiger partial charge < -0.3 is 9.47 Å². The Labute approximate surface area is 148 Å². The molecule has 128 valence electrons. The number of carbonyl (C=O) groups excluding carboxylic acids is 2. The maximum Gasteiger partial charge on any atom is 0.264 e. The molecule has 2 aromatic carbocycles. The van der Waals surface area contributed by atoms with E-state index in [0.717, 1.165) is 4.70 Å². The van der Waals surface area contributed by atoms with Crippen LogP contribution in [0.1, 0.15) is 17.3 Å². The number of para-hydroxylation sites is 1. The predicted molar refractivity (Wildman–Crippen MR) is 96.7 cm³/mol. The maximum atomic E-state index is 12.1. The Morgan fingerprint density at radius 3 is 2.76 bits per heavy atom. The minimum Gasteiger partial charge on any atom is -0.494 e. The number of methoxy groups -OCH3 is 1. The van der Waals surface area contributed by atoms with E-state index in [4.69, 9.17) is 9.47 Å². The van der Waals surface area contributed by atoms with Gasteiger partial charge in [-0.15, -0.1) is 0 Å². The molecule has 3 aromatic rings. The van der Waals surface area contributed by atoms with Gasteiger partial charge in [0.15, 0.2) is 17.5 Å². The minimum absolute atomic E-state index is 0.0571. The molecule has 0 unspecified atom stereocenters. The molecular weight excluding hydrogens is 340 g/mol. The molecule has 0 saturated heterocycles. The number of hydrogen-bond acceptors (Lipinski definition) is 6. The third-order valence-corrected chi connectivity index (χ3v) is 4.39. The molecule has 25 heavy (non-hydrogen) atoms. The highest BCUT2D eigenvalue weighted by molar-refractivity contribution is 7.22. The summed E-state index contributed by atoms with van der Waals surface area (Å²) in [7, 11) is 1.58. The minimum atomic E-state index is -0.328. The largest absolute Gasteiger partial charge is 0.494 e. The summed E-state index contributed by atoms with van der Waals surface area (Å²) in [6, 6.07) is 12.3. The number of aromatic nitrogens is 1. The number of ether oxygens (including phenoxy) is 2. The number of ketones is 1. The number of anilines is 1. The molecule has 0 bridgehead atoms. The molecule has 3 rings (SSSR count). The van der Waals surface area contributed by atoms with E-state index >= 15 is 0 Å². The van der Waals surface area contributed by atoms with Gasteiger partial charge in [-0.25, -0.2) is 4.98 Å². The number of Topliss-reactive ketones (excluding diaryl/α,β-unsaturated/α-hetero) is 1. The molecule has 7 heteroatoms. The molecule has 0 aliphatic heterocycles. The van der Waals surface area contributed by atoms with Gasteiger partial charge in [-0.1, -0.05) is 29.5 Å². The average Bonchev–Trinajstić information content (AvgIpc) is 3.02. The first-order valence-corrected chi connectivity index (χ1v) is 8.35. The number of nitrogens with one attached hydrogen (secondary N) is 1. The number of thiazole rings is 1. The lowest BCUT2D eigenvalue weighted by atomic mass is 10.1. The highest BCUT2D eigenvalue weighted by atomic mass is 32.1. The van der Waals surface area contributed by atoms with Crippen molar-refractivity contribution in [2.24, 2.45) is 0 Å². The Morgan fingerprint density at radius 1 is 1.20 bits per heavy atom. The van der Waals surface area contributed by atoms with Crippen molar-refractivity contribution in [3.8, 4) is 11.5 Å². The number of benzene rings is 2. The zero-order chi connectivity index (χ0) is 17.8. The van der Waals surface area contributed by atoms with E-state index in [-0.39, 0.29) is 18.3 Å². The van der Waals surface area contributed by atoms with Crippen LogP contribution in [-0.2, 0) is 4.79 Å². The summed E-state index contributed by atoms with van der Waals surface area (Å²) >= 11 is 1.36. The summed E-state index contributed by atoms with van der Waals surface area (Å²) in [4.78, 5) is 27.8. The SMILES string of the molecule is COc1cccc2sc(NC(=O)COc3cccc(C(C)=O)c3)nc12. The summed E-state index contributed by atoms with van der Waals surface area (Å²) in [6.07, 6.45) is 0. The van der Waals surface area contributed by atoms with Crippen LogP contribution in [-0.4, -0.2) is 30.4 Å². The number of carbonyl (C=O) groups is 2. The van der Waals surface area contributed by atoms with E-state index in [1.807, 2.05) is 18.2 Å². The molecule has 0 fully saturated rings. The van der Waals surface area contributed by atoms with Gasteiger partial charge >= 0.3 is 0 Å². The lowest BCUT2D eigenvalue weighted by molar-refractivity contribution is -0.118. The van der Waals surface area contributed by atoms with E-state index in [9.17, 15) is 9.59 Å². The van der Waals surface area contributed by atoms with Gasteiger partial charge in [0.05, 0.1) is 11.8 Å². The Morgan fingerprint density at radius 2 is 2.00 bits per heavy atom. The highest BCUT2D eigenvalue weighted by Gasteiger charge is 2.11. The van der Waals surface area contributed by atoms with Crippen molar-refractivity contribution in [1.29, 1.82) is 0 Å². The molecule has 0 spiro atoms. The first-order chi connectivity index (χ1) is 12.1. The first kappa shape index (κ1) is 16.9. The molecule has 1 N–H and O–H groups in total. The van der Waals surface area contributed by atoms with Crippen LogP contribution in [0.25, 0.3) is 10.2 Å². The zero-order valence-corrected chi connectivity index (χ0v) is 14.6. The zero-order valence-electron chi connectivity index (χ0n) is 13.7. The fourth-order valence-corrected chi connectivity index (χ4v) is 3.15. The van der Waals surface area contributed by atoms with E-state index in [1.54, 1.807) is 31.4 Å². The van der Waals surface area contributed by atoms with Crippen LogP contribution in [0.2, 0.25) is 0 Å². The second-order valence-electron chi connectivity index (χ2n) is 5.25. The second-order valence-corrected chi connectivity index (χ2v) is 6.28. The number of rotatable bonds is 6. The van der Waals surface area contributed by atoms with Crippen molar-refractivity contribution < 1.29 is 19.1 Å². The number of nitrogens with zero attached hydrogens (tertiary/aromatic N) is 1. The van der Waals surface area contributed by atoms with E-state index in [2.05, 4.69) is 10.3 Å². The first-order valence-electron chi connectivity index (χ1n) is 7.54. The van der Waals surface area contributed by atoms with Gasteiger partial charge in [0.2, 0.25) is 0 Å². The number of amides is 1. The van der Waals surface area contributed by atoms with Crippen LogP contribution in [0.3, 0.4) is 0 Å². The molecular formula is C18H16N2O4S. The van der Waals surface area contributed by atoms with Gasteiger partial charge in [0.25, 0.3) is 5.91 Å². The standard InChI is InChI=1S/C18H16N2O4S/c1-11(21)12-5-3-6-13(9-12)24-10-16(22)19-18-20-17-14(23-2)7-4-8-15(17)25-18/h3-9H,10H2,1-2H3,(H,19,20,22). The third-order valence-electron chi connectivity index (χ3n) is 3.46. The number of fused-ring (bicyclic) bond motifs is 1. The van der Waals surface area contributed by atoms with Gasteiger partial charge in [-0.3, -0.25) is 14.9 Å². The van der Waals surface area contributed by atoms with Gasteiger partial charge in [0.1, 0.15) is 17.0 Å². The molecule has 0 saturated carbocycles. The van der Waals surface area contributed by atoms with Crippen molar-refractivity contribution in [2.75, 3.05) is 19.0 Å². The smallest absolute Gasteiger partial charge is 0.264 e. The maximum absolute atomic E-state index is 12.1. The summed E-state index contributed by atoms with van der Waals surface area (Å²) in [5.41, 5.74) is 1.25. The fourth-order valence-electron chi connectivity index (χ4n) is 2.25. The molecule has 1 aromatic heterocycles. The molecule has 0 radical (unpaired) electrons. The Hall–Kier alpha value is -2.93. The lowest BCUT2D eigenvalue weighted by Gasteiger charge is -2.06. The average molecular weight is 356 g/mol. The molecule has 0 aliphatic rings. The summed E-state index contributed by atoms with van der Waals surface area (Å²) in [5, 5.41) is 3.19. The van der Waals surface area contributed by atoms with Crippen molar-refractivity contribution in [2.45, 2.75) is 6.92 Å². The molecule has 1 amide bonds. The van der Waals surface area contributed by atoms with Crippen LogP contribution < -0.4 is 14.8 Å². The predicted octanol–water partition coefficient (Wildman–Crippen LogP) is 3.53. The van der Waals surface area contributed by atoms with Gasteiger partial charge in [0, 0.05) is 5.56 Å². The summed E-state index contributed by atoms with van der Waals surface area (Å²) < 4.78 is 11.6. The molecule has 0 atom stereocenters. The van der Waals surface area contributed by atoms with Crippen molar-refractivity contribution in [3.05, 3.63) is 48.0 Å². The van der Waals surface area contributed by atoms with Gasteiger partial charge in [-0.2, -0.15) is 0 Å². The fraction of sp³-hybridized carbons (Fsp3) is 0.167. The normalized spacial score (nSPS) is 10.5. The molecule has 6 nitrogen and oxygen atoms in total. The molecule has 1 heterocycles. The summed E-state index contributed by atoms with van der Waals surface area (Å²) in [5.74, 6) is 0.741. The molecule has 0 aliphatic carbocycles. The van der Waals surface area contributed by atoms with E-state index < -0.39 is 0 Å². The Bertz CT molecular complexity index is 936. The topological polar surface area (TPSA) is 77.5 Å². The lowest BCUT2D eigenvalue weighted by Crippen LogP contribution is -2.20. The van der Waals surface area contributed by atoms with E-state index in [0.29, 0.717) is 27.7 Å². The monoisotopic (exact) mass is 356 g/mol. The Balaban J connectivity index is 1.65. The quantitative estimate of drug-likeness (QED) is 0.684. The van der Waals surface area contributed by atoms with Crippen molar-refractivity contribution in [3.63, 3.8) is 0 Å². The highest BCUT2D eigenvalue weighted by Crippen LogP contribution is 2.32. The van der Waals surface area contributed by atoms with Crippen LogP contribution >= 0.6 is 11.3 Å². The number of hydrogen-bond donors (Lipinski definition) is 1. The van der Waals surface area contributed by atoms with Crippen LogP contribution in [0.4, 0.5) is 5.13 Å². The van der Waals surface area contributed by atoms with Crippen molar-refractivity contribution >= 4 is 38.4 Å². The third kappa shape index (κ3) is 3.95. The van der Waals surface area contributed by atoms with Crippen LogP contribution in [0.5, 0.6) is 11.5 Å². The van der Waals surface area contributed by atoms with Crippen LogP contribution in [0, 0.1) is 0 Å². The van der Waals surface area contributed by atoms with Crippen LogP contribution in [0.15, 0.2) is 42.5 Å². The summed E-state index contributed by atoms with van der Waals surface area (Å²) in [6.45, 7) is 1.31. The van der Waals surface area contributed by atoms with Crippen molar-refractivity contribution in [1.82, 2.24) is 4.98 Å². The Kier molecular flexibility index (Phi) is 4.95.